The zero-order valence-corrected chi connectivity index (χ0v) is 24.5. The van der Waals surface area contributed by atoms with Crippen LogP contribution in [-0.4, -0.2) is 58.1 Å². The van der Waals surface area contributed by atoms with Gasteiger partial charge < -0.3 is 26.0 Å². The third-order valence-electron chi connectivity index (χ3n) is 8.38. The molecule has 42 heavy (non-hydrogen) atoms. The number of hydrogen-bond acceptors (Lipinski definition) is 8. The summed E-state index contributed by atoms with van der Waals surface area (Å²) in [7, 11) is 0. The molecule has 3 aromatic rings. The Morgan fingerprint density at radius 1 is 1.12 bits per heavy atom. The van der Waals surface area contributed by atoms with E-state index in [0.717, 1.165) is 73.8 Å². The lowest BCUT2D eigenvalue weighted by Crippen LogP contribution is -2.35. The zero-order chi connectivity index (χ0) is 29.5. The SMILES string of the molecule is CCc1c(NC[C@H](CC(=O)N[C@@H](C)c2ccccc2)C(=O)O)ncnc1N1CCC(c2ccc3c(n2)NCCC3)CC1. The molecule has 10 nitrogen and oxygen atoms in total. The van der Waals surface area contributed by atoms with Crippen LogP contribution in [-0.2, 0) is 22.4 Å². The number of aromatic nitrogens is 3. The first kappa shape index (κ1) is 29.3. The molecule has 1 saturated heterocycles. The lowest BCUT2D eigenvalue weighted by molar-refractivity contribution is -0.143. The molecule has 0 radical (unpaired) electrons. The topological polar surface area (TPSA) is 132 Å². The second-order valence-electron chi connectivity index (χ2n) is 11.2. The molecule has 5 rings (SSSR count). The number of fused-ring (bicyclic) bond motifs is 1. The predicted molar refractivity (Wildman–Crippen MR) is 164 cm³/mol. The first-order valence-corrected chi connectivity index (χ1v) is 15.1. The molecule has 2 aliphatic heterocycles. The molecule has 2 atom stereocenters. The molecule has 0 unspecified atom stereocenters. The van der Waals surface area contributed by atoms with Gasteiger partial charge >= 0.3 is 5.97 Å². The lowest BCUT2D eigenvalue weighted by atomic mass is 9.92. The highest BCUT2D eigenvalue weighted by molar-refractivity contribution is 5.83. The predicted octanol–water partition coefficient (Wildman–Crippen LogP) is 4.56. The van der Waals surface area contributed by atoms with E-state index in [4.69, 9.17) is 4.98 Å². The van der Waals surface area contributed by atoms with E-state index in [1.54, 1.807) is 0 Å². The summed E-state index contributed by atoms with van der Waals surface area (Å²) in [4.78, 5) is 41.1. The summed E-state index contributed by atoms with van der Waals surface area (Å²) in [5.74, 6) is 0.740. The summed E-state index contributed by atoms with van der Waals surface area (Å²) < 4.78 is 0. The number of carbonyl (C=O) groups excluding carboxylic acids is 1. The molecule has 0 aliphatic carbocycles. The van der Waals surface area contributed by atoms with Crippen molar-refractivity contribution < 1.29 is 14.7 Å². The Balaban J connectivity index is 1.19. The smallest absolute Gasteiger partial charge is 0.308 e. The Morgan fingerprint density at radius 3 is 2.64 bits per heavy atom. The van der Waals surface area contributed by atoms with E-state index >= 15 is 0 Å². The number of benzene rings is 1. The number of rotatable bonds is 11. The van der Waals surface area contributed by atoms with Crippen molar-refractivity contribution in [2.75, 3.05) is 41.7 Å². The molecule has 2 aliphatic rings. The van der Waals surface area contributed by atoms with Gasteiger partial charge in [0, 0.05) is 49.8 Å². The number of hydrogen-bond donors (Lipinski definition) is 4. The largest absolute Gasteiger partial charge is 0.481 e. The maximum atomic E-state index is 12.7. The molecule has 2 aromatic heterocycles. The number of piperidine rings is 1. The van der Waals surface area contributed by atoms with Crippen LogP contribution in [0.5, 0.6) is 0 Å². The molecular weight excluding hydrogens is 530 g/mol. The van der Waals surface area contributed by atoms with Crippen LogP contribution in [0.2, 0.25) is 0 Å². The van der Waals surface area contributed by atoms with Crippen molar-refractivity contribution in [2.45, 2.75) is 64.3 Å². The van der Waals surface area contributed by atoms with Gasteiger partial charge in [0.25, 0.3) is 0 Å². The van der Waals surface area contributed by atoms with Crippen molar-refractivity contribution in [1.82, 2.24) is 20.3 Å². The first-order valence-electron chi connectivity index (χ1n) is 15.1. The Morgan fingerprint density at radius 2 is 1.90 bits per heavy atom. The van der Waals surface area contributed by atoms with Crippen molar-refractivity contribution in [3.8, 4) is 0 Å². The summed E-state index contributed by atoms with van der Waals surface area (Å²) in [6.45, 7) is 6.74. The highest BCUT2D eigenvalue weighted by Gasteiger charge is 2.27. The minimum atomic E-state index is -1.02. The van der Waals surface area contributed by atoms with Gasteiger partial charge in [0.05, 0.1) is 12.0 Å². The molecule has 1 fully saturated rings. The maximum Gasteiger partial charge on any atom is 0.308 e. The molecule has 10 heteroatoms. The molecule has 4 heterocycles. The van der Waals surface area contributed by atoms with Crippen LogP contribution in [0.4, 0.5) is 17.5 Å². The standard InChI is InChI=1S/C32H41N7O3/c1-3-26-30(34-19-25(32(41)42)18-28(40)37-21(2)22-8-5-4-6-9-22)35-20-36-31(26)39-16-13-23(14-17-39)27-12-11-24-10-7-15-33-29(24)38-27/h4-6,8-9,11-12,20-21,23,25H,3,7,10,13-19H2,1-2H3,(H,33,38)(H,37,40)(H,41,42)(H,34,35,36)/t21-,25-/m0/s1. The van der Waals surface area contributed by atoms with Crippen molar-refractivity contribution in [1.29, 1.82) is 0 Å². The van der Waals surface area contributed by atoms with Gasteiger partial charge in [-0.3, -0.25) is 9.59 Å². The average Bonchev–Trinajstić information content (AvgIpc) is 3.02. The Hall–Kier alpha value is -4.21. The van der Waals surface area contributed by atoms with E-state index in [1.807, 2.05) is 37.3 Å². The monoisotopic (exact) mass is 571 g/mol. The van der Waals surface area contributed by atoms with E-state index in [0.29, 0.717) is 18.2 Å². The minimum Gasteiger partial charge on any atom is -0.481 e. The Labute approximate surface area is 247 Å². The van der Waals surface area contributed by atoms with E-state index in [1.165, 1.54) is 11.9 Å². The second kappa shape index (κ2) is 13.6. The van der Waals surface area contributed by atoms with Gasteiger partial charge in [0.1, 0.15) is 23.8 Å². The summed E-state index contributed by atoms with van der Waals surface area (Å²) >= 11 is 0. The van der Waals surface area contributed by atoms with Crippen LogP contribution in [0.25, 0.3) is 0 Å². The van der Waals surface area contributed by atoms with Gasteiger partial charge in [-0.25, -0.2) is 15.0 Å². The minimum absolute atomic E-state index is 0.0893. The highest BCUT2D eigenvalue weighted by Crippen LogP contribution is 2.33. The quantitative estimate of drug-likeness (QED) is 0.262. The summed E-state index contributed by atoms with van der Waals surface area (Å²) in [5.41, 5.74) is 4.39. The number of amides is 1. The maximum absolute atomic E-state index is 12.7. The third kappa shape index (κ3) is 6.98. The molecule has 0 spiro atoms. The molecule has 0 saturated carbocycles. The Kier molecular flexibility index (Phi) is 9.51. The molecular formula is C32H41N7O3. The van der Waals surface area contributed by atoms with Gasteiger partial charge in [-0.15, -0.1) is 0 Å². The number of carboxylic acid groups (broad SMARTS) is 1. The number of carbonyl (C=O) groups is 2. The van der Waals surface area contributed by atoms with Gasteiger partial charge in [0.15, 0.2) is 0 Å². The van der Waals surface area contributed by atoms with Crippen molar-refractivity contribution in [2.24, 2.45) is 5.92 Å². The van der Waals surface area contributed by atoms with Crippen LogP contribution < -0.4 is 20.9 Å². The molecule has 4 N–H and O–H groups in total. The van der Waals surface area contributed by atoms with E-state index < -0.39 is 11.9 Å². The van der Waals surface area contributed by atoms with Crippen LogP contribution in [0, 0.1) is 5.92 Å². The number of pyridine rings is 1. The molecule has 1 aromatic carbocycles. The number of nitrogens with zero attached hydrogens (tertiary/aromatic N) is 4. The van der Waals surface area contributed by atoms with E-state index in [-0.39, 0.29) is 24.9 Å². The second-order valence-corrected chi connectivity index (χ2v) is 11.2. The van der Waals surface area contributed by atoms with E-state index in [9.17, 15) is 14.7 Å². The fourth-order valence-corrected chi connectivity index (χ4v) is 5.93. The number of nitrogens with one attached hydrogen (secondary N) is 3. The van der Waals surface area contributed by atoms with Crippen LogP contribution in [0.3, 0.4) is 0 Å². The fourth-order valence-electron chi connectivity index (χ4n) is 5.93. The lowest BCUT2D eigenvalue weighted by Gasteiger charge is -2.34. The van der Waals surface area contributed by atoms with Crippen molar-refractivity contribution in [3.05, 3.63) is 71.2 Å². The molecule has 0 bridgehead atoms. The van der Waals surface area contributed by atoms with Gasteiger partial charge in [-0.2, -0.15) is 0 Å². The van der Waals surface area contributed by atoms with Crippen molar-refractivity contribution >= 4 is 29.3 Å². The Bertz CT molecular complexity index is 1380. The molecule has 222 valence electrons. The fraction of sp³-hybridized carbons (Fsp3) is 0.469. The number of aliphatic carboxylic acids is 1. The van der Waals surface area contributed by atoms with Crippen LogP contribution >= 0.6 is 0 Å². The summed E-state index contributed by atoms with van der Waals surface area (Å²) in [6, 6.07) is 13.8. The van der Waals surface area contributed by atoms with Crippen LogP contribution in [0.1, 0.15) is 73.9 Å². The van der Waals surface area contributed by atoms with Crippen molar-refractivity contribution in [3.63, 3.8) is 0 Å². The molecule has 1 amide bonds. The van der Waals surface area contributed by atoms with Crippen LogP contribution in [0.15, 0.2) is 48.8 Å². The van der Waals surface area contributed by atoms with Gasteiger partial charge in [-0.1, -0.05) is 43.3 Å². The summed E-state index contributed by atoms with van der Waals surface area (Å²) in [6.07, 6.45) is 6.32. The summed E-state index contributed by atoms with van der Waals surface area (Å²) in [5, 5.41) is 19.4. The first-order chi connectivity index (χ1) is 20.4. The van der Waals surface area contributed by atoms with Gasteiger partial charge in [-0.05, 0) is 56.2 Å². The number of anilines is 3. The van der Waals surface area contributed by atoms with Gasteiger partial charge in [0.2, 0.25) is 5.91 Å². The highest BCUT2D eigenvalue weighted by atomic mass is 16.4. The number of carboxylic acids is 1. The normalized spacial score (nSPS) is 16.6. The average molecular weight is 572 g/mol. The third-order valence-corrected chi connectivity index (χ3v) is 8.38. The zero-order valence-electron chi connectivity index (χ0n) is 24.5. The number of aryl methyl sites for hydroxylation is 1. The van der Waals surface area contributed by atoms with E-state index in [2.05, 4.69) is 49.9 Å².